The topological polar surface area (TPSA) is 302 Å². The summed E-state index contributed by atoms with van der Waals surface area (Å²) in [6.45, 7) is 23.0. The van der Waals surface area contributed by atoms with Gasteiger partial charge in [-0.3, -0.25) is 33.6 Å². The molecule has 3 aromatic heterocycles. The molecule has 4 N–H and O–H groups in total. The van der Waals surface area contributed by atoms with E-state index in [-0.39, 0.29) is 67.2 Å². The van der Waals surface area contributed by atoms with Gasteiger partial charge < -0.3 is 69.0 Å². The summed E-state index contributed by atoms with van der Waals surface area (Å²) in [6.07, 6.45) is 13.1. The summed E-state index contributed by atoms with van der Waals surface area (Å²) in [5, 5.41) is 50.7. The number of ether oxygens (including phenoxy) is 4. The maximum atomic E-state index is 14.7. The zero-order valence-electron chi connectivity index (χ0n) is 86.6. The smallest absolute Gasteiger partial charge is 0.274 e. The van der Waals surface area contributed by atoms with Gasteiger partial charge in [-0.15, -0.1) is 0 Å². The number of hydrogen-bond donors (Lipinski definition) is 4. The molecule has 0 spiro atoms. The minimum absolute atomic E-state index is 0.0889. The van der Waals surface area contributed by atoms with Gasteiger partial charge in [-0.1, -0.05) is 207 Å². The lowest BCUT2D eigenvalue weighted by Crippen LogP contribution is -2.46. The van der Waals surface area contributed by atoms with Gasteiger partial charge in [-0.2, -0.15) is 15.3 Å². The van der Waals surface area contributed by atoms with E-state index in [1.54, 1.807) is 101 Å². The zero-order valence-corrected chi connectivity index (χ0v) is 87.4. The monoisotopic (exact) mass is 2000 g/mol. The second kappa shape index (κ2) is 50.5. The van der Waals surface area contributed by atoms with Gasteiger partial charge in [-0.25, -0.2) is 14.0 Å². The van der Waals surface area contributed by atoms with E-state index in [0.717, 1.165) is 172 Å². The molecule has 0 bridgehead atoms. The third-order valence-electron chi connectivity index (χ3n) is 27.9. The van der Waals surface area contributed by atoms with Crippen molar-refractivity contribution in [2.24, 2.45) is 0 Å². The first kappa shape index (κ1) is 107. The molecule has 27 nitrogen and oxygen atoms in total. The number of hydrogen-bond acceptors (Lipinski definition) is 17. The highest BCUT2D eigenvalue weighted by Gasteiger charge is 2.38. The van der Waals surface area contributed by atoms with Crippen LogP contribution in [0, 0.1) is 20.8 Å². The van der Waals surface area contributed by atoms with E-state index in [4.69, 9.17) is 45.8 Å². The van der Waals surface area contributed by atoms with Gasteiger partial charge in [0.05, 0.1) is 111 Å². The van der Waals surface area contributed by atoms with Crippen molar-refractivity contribution in [3.05, 3.63) is 307 Å². The molecule has 10 aromatic carbocycles. The highest BCUT2D eigenvalue weighted by molar-refractivity contribution is 6.34. The summed E-state index contributed by atoms with van der Waals surface area (Å²) < 4.78 is 27.3. The van der Waals surface area contributed by atoms with Crippen LogP contribution in [0.1, 0.15) is 242 Å². The summed E-state index contributed by atoms with van der Waals surface area (Å²) >= 11 is 6.52. The first-order chi connectivity index (χ1) is 70.8. The lowest BCUT2D eigenvalue weighted by molar-refractivity contribution is 0.0539. The van der Waals surface area contributed by atoms with Crippen LogP contribution in [-0.4, -0.2) is 228 Å². The number of aliphatic hydroxyl groups excluding tert-OH is 3. The Kier molecular flexibility index (Phi) is 37.2. The molecular weight excluding hydrogens is 1860 g/mol. The van der Waals surface area contributed by atoms with Crippen LogP contribution in [0.5, 0.6) is 23.0 Å². The molecule has 16 rings (SSSR count). The molecule has 13 aromatic rings. The van der Waals surface area contributed by atoms with Gasteiger partial charge >= 0.3 is 0 Å². The Hall–Kier alpha value is -14.3. The number of methoxy groups -OCH3 is 4. The fourth-order valence-electron chi connectivity index (χ4n) is 19.4. The summed E-state index contributed by atoms with van der Waals surface area (Å²) in [7, 11) is 7.89. The van der Waals surface area contributed by atoms with Crippen molar-refractivity contribution in [1.82, 2.24) is 64.1 Å². The van der Waals surface area contributed by atoms with E-state index in [2.05, 4.69) is 71.1 Å². The molecule has 28 heteroatoms. The highest BCUT2D eigenvalue weighted by atomic mass is 35.5. The molecular formula is C118H138ClN13O14. The predicted octanol–water partition coefficient (Wildman–Crippen LogP) is 20.5. The van der Waals surface area contributed by atoms with Crippen molar-refractivity contribution < 1.29 is 67.8 Å². The van der Waals surface area contributed by atoms with Gasteiger partial charge in [0, 0.05) is 83.0 Å². The van der Waals surface area contributed by atoms with Gasteiger partial charge in [-0.05, 0) is 253 Å². The lowest BCUT2D eigenvalue weighted by Gasteiger charge is -2.36. The molecule has 6 heterocycles. The van der Waals surface area contributed by atoms with Crippen molar-refractivity contribution in [2.75, 3.05) is 94.6 Å². The van der Waals surface area contributed by atoms with Gasteiger partial charge in [0.15, 0.2) is 28.6 Å². The number of halogens is 1. The molecule has 3 aliphatic heterocycles. The Morgan fingerprint density at radius 1 is 0.356 bits per heavy atom. The van der Waals surface area contributed by atoms with Gasteiger partial charge in [0.25, 0.3) is 41.4 Å². The van der Waals surface area contributed by atoms with E-state index in [0.29, 0.717) is 163 Å². The quantitative estimate of drug-likeness (QED) is 0.0279. The molecule has 146 heavy (non-hydrogen) atoms. The average molecular weight is 2000 g/mol. The fraction of sp³-hybridized carbons (Fsp3) is 0.373. The Labute approximate surface area is 862 Å². The number of nitrogens with one attached hydrogen (secondary N) is 1. The van der Waals surface area contributed by atoms with Crippen LogP contribution in [0.4, 0.5) is 0 Å². The molecule has 3 atom stereocenters. The first-order valence-corrected chi connectivity index (χ1v) is 51.6. The van der Waals surface area contributed by atoms with Crippen LogP contribution in [-0.2, 0) is 38.9 Å². The van der Waals surface area contributed by atoms with E-state index >= 15 is 0 Å². The molecule has 0 saturated carbocycles. The number of carbonyl (C=O) groups excluding carboxylic acids is 7. The standard InChI is InChI=1S/C41H46N4O4.C39H48N4O6.C38H44ClN5O4/c1-5-7-19-43(20-8-6-2)41(48)38-21-28(3)45(42-38)39-18-16-33(30-13-14-32-24-36(49-4)17-15-31(32)22-30)25-37(39)40(47)44-26-34-12-10-9-11-29(34)23-35(44)27-46;1-7-9-17-41(18-10-8-2)39(46)33-19-26(3)43(40-33)34-16-15-28(30-22-35(47-4)37(49-6)36(23-30)48-5)21-32(34)38(45)42-24-29-14-12-11-13-27(29)20-31(42)25-44;1-5-7-17-42(18-8-6-2)38(48)34-19-25(3)44(41-34)35-16-14-27(28-13-15-31(33(39)22-28)36(46)40-4)21-32(35)37(47)43-23-29-12-10-9-11-26(29)20-30(43)24-45/h9-18,21-22,24-25,35,46H,5-8,19-20,23,26-27H2,1-4H3;11-16,19,21-23,31,44H,7-10,17-18,20,24-25H2,1-6H3;9-16,19,21-22,30,45H,5-8,17-18,20,23-24H2,1-4H3,(H,40,46)/t35-;31-;30-/m000/s1. The van der Waals surface area contributed by atoms with Crippen molar-refractivity contribution in [3.63, 3.8) is 0 Å². The Morgan fingerprint density at radius 3 is 0.979 bits per heavy atom. The highest BCUT2D eigenvalue weighted by Crippen LogP contribution is 2.44. The summed E-state index contributed by atoms with van der Waals surface area (Å²) in [5.74, 6) is 0.937. The Morgan fingerprint density at radius 2 is 0.664 bits per heavy atom. The normalized spacial score (nSPS) is 14.0. The number of rotatable bonds is 38. The number of aliphatic hydroxyl groups is 3. The summed E-state index contributed by atoms with van der Waals surface area (Å²) in [6, 6.07) is 66.3. The fourth-order valence-corrected chi connectivity index (χ4v) is 19.7. The van der Waals surface area contributed by atoms with Crippen LogP contribution in [0.25, 0.3) is 61.2 Å². The number of fused-ring (bicyclic) bond motifs is 4. The van der Waals surface area contributed by atoms with Crippen LogP contribution in [0.2, 0.25) is 5.02 Å². The van der Waals surface area contributed by atoms with Crippen molar-refractivity contribution in [2.45, 2.75) is 196 Å². The van der Waals surface area contributed by atoms with E-state index in [1.165, 1.54) is 0 Å². The largest absolute Gasteiger partial charge is 0.497 e. The molecule has 0 saturated heterocycles. The molecule has 0 radical (unpaired) electrons. The maximum Gasteiger partial charge on any atom is 0.274 e. The molecule has 0 unspecified atom stereocenters. The number of nitrogens with zero attached hydrogens (tertiary/aromatic N) is 12. The number of aryl methyl sites for hydroxylation is 3. The molecule has 3 aliphatic rings. The van der Waals surface area contributed by atoms with Crippen molar-refractivity contribution >= 4 is 63.7 Å². The Bertz CT molecular complexity index is 6770. The SMILES string of the molecule is CCCCN(CCCC)C(=O)c1cc(C)n(-c2ccc(-c3cc(OC)c(OC)c(OC)c3)cc2C(=O)N2Cc3ccccc3C[C@H]2CO)n1.CCCCN(CCCC)C(=O)c1cc(C)n(-c2ccc(-c3ccc(C(=O)NC)c(Cl)c3)cc2C(=O)N2Cc3ccccc3C[C@H]2CO)n1.CCCCN(CCCC)C(=O)c1cc(C)n(-c2ccc(-c3ccc4cc(OC)ccc4c3)cc2C(=O)N2Cc3ccccc3C[C@H]2CO)n1. The first-order valence-electron chi connectivity index (χ1n) is 51.2. The van der Waals surface area contributed by atoms with Crippen LogP contribution in [0.15, 0.2) is 212 Å². The summed E-state index contributed by atoms with van der Waals surface area (Å²) in [5.41, 5.74) is 17.8. The van der Waals surface area contributed by atoms with Crippen LogP contribution >= 0.6 is 11.6 Å². The van der Waals surface area contributed by atoms with E-state index in [9.17, 15) is 48.9 Å². The van der Waals surface area contributed by atoms with E-state index in [1.807, 2.05) is 187 Å². The maximum absolute atomic E-state index is 14.7. The predicted molar refractivity (Wildman–Crippen MR) is 573 cm³/mol. The lowest BCUT2D eigenvalue weighted by atomic mass is 9.93. The van der Waals surface area contributed by atoms with Gasteiger partial charge in [0.1, 0.15) is 5.75 Å². The van der Waals surface area contributed by atoms with E-state index < -0.39 is 12.1 Å². The molecule has 766 valence electrons. The van der Waals surface area contributed by atoms with Crippen molar-refractivity contribution in [3.8, 4) is 73.4 Å². The van der Waals surface area contributed by atoms with Gasteiger partial charge in [0.2, 0.25) is 5.75 Å². The number of carbonyl (C=O) groups is 7. The Balaban J connectivity index is 0.000000173. The van der Waals surface area contributed by atoms with Crippen molar-refractivity contribution in [1.29, 1.82) is 0 Å². The molecule has 7 amide bonds. The second-order valence-electron chi connectivity index (χ2n) is 37.8. The minimum Gasteiger partial charge on any atom is -0.497 e. The van der Waals surface area contributed by atoms with Crippen LogP contribution in [0.3, 0.4) is 0 Å². The number of aromatic nitrogens is 6. The number of unbranched alkanes of at least 4 members (excludes halogenated alkanes) is 6. The minimum atomic E-state index is -0.410. The number of amides is 7. The number of benzene rings is 10. The average Bonchev–Trinajstić information content (AvgIpc) is 1.37. The third kappa shape index (κ3) is 24.4. The second-order valence-corrected chi connectivity index (χ2v) is 38.2. The third-order valence-corrected chi connectivity index (χ3v) is 28.2. The van der Waals surface area contributed by atoms with Crippen LogP contribution < -0.4 is 24.3 Å². The summed E-state index contributed by atoms with van der Waals surface area (Å²) in [4.78, 5) is 108. The molecule has 0 fully saturated rings. The zero-order chi connectivity index (χ0) is 104. The molecule has 0 aliphatic carbocycles.